The van der Waals surface area contributed by atoms with Crippen LogP contribution in [0, 0.1) is 5.92 Å². The summed E-state index contributed by atoms with van der Waals surface area (Å²) in [6.07, 6.45) is 6.77. The lowest BCUT2D eigenvalue weighted by Gasteiger charge is -2.38. The molecule has 3 aliphatic rings. The number of hydrogen-bond donors (Lipinski definition) is 1. The van der Waals surface area contributed by atoms with E-state index in [1.165, 1.54) is 19.3 Å². The van der Waals surface area contributed by atoms with Gasteiger partial charge in [0.05, 0.1) is 12.2 Å². The molecule has 5 heteroatoms. The number of nitrogens with zero attached hydrogens (tertiary/aromatic N) is 2. The van der Waals surface area contributed by atoms with Crippen molar-refractivity contribution >= 4 is 6.03 Å². The van der Waals surface area contributed by atoms with E-state index in [9.17, 15) is 4.79 Å². The van der Waals surface area contributed by atoms with Gasteiger partial charge < -0.3 is 15.0 Å². The maximum absolute atomic E-state index is 12.4. The van der Waals surface area contributed by atoms with Crippen LogP contribution in [0.4, 0.5) is 4.79 Å². The Morgan fingerprint density at radius 3 is 2.50 bits per heavy atom. The van der Waals surface area contributed by atoms with Crippen molar-refractivity contribution in [2.75, 3.05) is 32.7 Å². The van der Waals surface area contributed by atoms with Crippen molar-refractivity contribution in [3.05, 3.63) is 0 Å². The quantitative estimate of drug-likeness (QED) is 0.865. The second-order valence-corrected chi connectivity index (χ2v) is 7.45. The first-order valence-electron chi connectivity index (χ1n) is 9.04. The van der Waals surface area contributed by atoms with Crippen LogP contribution in [0.5, 0.6) is 0 Å². The van der Waals surface area contributed by atoms with Gasteiger partial charge in [0.25, 0.3) is 0 Å². The van der Waals surface area contributed by atoms with Gasteiger partial charge in [-0.2, -0.15) is 0 Å². The third kappa shape index (κ3) is 3.93. The van der Waals surface area contributed by atoms with Gasteiger partial charge in [-0.15, -0.1) is 0 Å². The maximum Gasteiger partial charge on any atom is 0.317 e. The van der Waals surface area contributed by atoms with E-state index in [1.54, 1.807) is 0 Å². The van der Waals surface area contributed by atoms with Crippen molar-refractivity contribution in [3.8, 4) is 0 Å². The van der Waals surface area contributed by atoms with Gasteiger partial charge >= 0.3 is 6.03 Å². The molecule has 126 valence electrons. The fourth-order valence-electron chi connectivity index (χ4n) is 4.05. The summed E-state index contributed by atoms with van der Waals surface area (Å²) >= 11 is 0. The molecule has 3 fully saturated rings. The Labute approximate surface area is 134 Å². The Morgan fingerprint density at radius 2 is 1.86 bits per heavy atom. The first-order chi connectivity index (χ1) is 10.6. The highest BCUT2D eigenvalue weighted by Gasteiger charge is 2.32. The molecule has 2 amide bonds. The first kappa shape index (κ1) is 16.1. The van der Waals surface area contributed by atoms with Gasteiger partial charge in [0.1, 0.15) is 0 Å². The van der Waals surface area contributed by atoms with Crippen molar-refractivity contribution in [3.63, 3.8) is 0 Å². The molecular formula is C17H31N3O2. The van der Waals surface area contributed by atoms with Gasteiger partial charge in [-0.3, -0.25) is 4.90 Å². The molecule has 2 saturated heterocycles. The average Bonchev–Trinajstić information content (AvgIpc) is 2.83. The van der Waals surface area contributed by atoms with Gasteiger partial charge in [-0.05, 0) is 45.4 Å². The molecule has 3 rings (SSSR count). The first-order valence-corrected chi connectivity index (χ1v) is 9.04. The summed E-state index contributed by atoms with van der Waals surface area (Å²) in [5.41, 5.74) is 0. The van der Waals surface area contributed by atoms with E-state index in [4.69, 9.17) is 4.74 Å². The van der Waals surface area contributed by atoms with Crippen molar-refractivity contribution in [1.29, 1.82) is 0 Å². The highest BCUT2D eigenvalue weighted by Crippen LogP contribution is 2.26. The van der Waals surface area contributed by atoms with Crippen LogP contribution in [-0.2, 0) is 4.74 Å². The third-order valence-corrected chi connectivity index (χ3v) is 5.37. The number of amides is 2. The minimum absolute atomic E-state index is 0.156. The molecule has 0 unspecified atom stereocenters. The Balaban J connectivity index is 1.48. The summed E-state index contributed by atoms with van der Waals surface area (Å²) in [6.45, 7) is 9.02. The molecule has 1 N–H and O–H groups in total. The van der Waals surface area contributed by atoms with E-state index in [-0.39, 0.29) is 6.03 Å². The summed E-state index contributed by atoms with van der Waals surface area (Å²) in [4.78, 5) is 17.0. The number of carbonyl (C=O) groups is 1. The molecule has 0 bridgehead atoms. The molecule has 2 heterocycles. The molecule has 1 aliphatic carbocycles. The van der Waals surface area contributed by atoms with Crippen molar-refractivity contribution in [2.24, 2.45) is 5.92 Å². The summed E-state index contributed by atoms with van der Waals surface area (Å²) < 4.78 is 5.80. The number of morpholine rings is 1. The third-order valence-electron chi connectivity index (χ3n) is 5.37. The molecule has 0 aromatic heterocycles. The van der Waals surface area contributed by atoms with Crippen LogP contribution in [0.2, 0.25) is 0 Å². The average molecular weight is 309 g/mol. The Hall–Kier alpha value is -0.810. The highest BCUT2D eigenvalue weighted by molar-refractivity contribution is 5.74. The van der Waals surface area contributed by atoms with Gasteiger partial charge in [-0.25, -0.2) is 4.79 Å². The van der Waals surface area contributed by atoms with E-state index < -0.39 is 0 Å². The summed E-state index contributed by atoms with van der Waals surface area (Å²) in [6, 6.07) is 0.530. The topological polar surface area (TPSA) is 44.8 Å². The van der Waals surface area contributed by atoms with Gasteiger partial charge in [0.2, 0.25) is 0 Å². The van der Waals surface area contributed by atoms with Gasteiger partial charge in [-0.1, -0.05) is 6.42 Å². The van der Waals surface area contributed by atoms with Crippen LogP contribution < -0.4 is 5.32 Å². The predicted molar refractivity (Wildman–Crippen MR) is 86.9 cm³/mol. The second-order valence-electron chi connectivity index (χ2n) is 7.45. The molecular weight excluding hydrogens is 278 g/mol. The number of ether oxygens (including phenoxy) is 1. The van der Waals surface area contributed by atoms with Crippen molar-refractivity contribution < 1.29 is 9.53 Å². The smallest absolute Gasteiger partial charge is 0.317 e. The highest BCUT2D eigenvalue weighted by atomic mass is 16.5. The fourth-order valence-corrected chi connectivity index (χ4v) is 4.05. The second kappa shape index (κ2) is 7.18. The maximum atomic E-state index is 12.4. The Kier molecular flexibility index (Phi) is 5.24. The molecule has 0 radical (unpaired) electrons. The normalized spacial score (nSPS) is 33.7. The summed E-state index contributed by atoms with van der Waals surface area (Å²) in [5, 5.41) is 3.16. The summed E-state index contributed by atoms with van der Waals surface area (Å²) in [5.74, 6) is 0.728. The van der Waals surface area contributed by atoms with Gasteiger partial charge in [0, 0.05) is 38.8 Å². The van der Waals surface area contributed by atoms with E-state index in [1.807, 2.05) is 0 Å². The van der Waals surface area contributed by atoms with Crippen molar-refractivity contribution in [2.45, 2.75) is 64.2 Å². The number of likely N-dealkylation sites (tertiary alicyclic amines) is 1. The van der Waals surface area contributed by atoms with Crippen LogP contribution in [0.3, 0.4) is 0 Å². The van der Waals surface area contributed by atoms with Crippen LogP contribution in [0.15, 0.2) is 0 Å². The lowest BCUT2D eigenvalue weighted by Crippen LogP contribution is -2.52. The lowest BCUT2D eigenvalue weighted by atomic mass is 9.85. The van der Waals surface area contributed by atoms with Crippen molar-refractivity contribution in [1.82, 2.24) is 15.1 Å². The lowest BCUT2D eigenvalue weighted by molar-refractivity contribution is -0.0713. The Morgan fingerprint density at radius 1 is 1.14 bits per heavy atom. The fraction of sp³-hybridized carbons (Fsp3) is 0.941. The molecule has 0 aromatic rings. The van der Waals surface area contributed by atoms with Crippen LogP contribution in [0.25, 0.3) is 0 Å². The molecule has 0 spiro atoms. The number of rotatable bonds is 4. The standard InChI is InChI=1S/C17H31N3O2/c1-13-10-19(11-14(2)22-13)12-16-7-4-8-20(16)17(21)18-9-15-5-3-6-15/h13-16H,3-12H2,1-2H3,(H,18,21)/t13-,14-,16+/m1/s1. The molecule has 0 aromatic carbocycles. The molecule has 2 aliphatic heterocycles. The van der Waals surface area contributed by atoms with E-state index >= 15 is 0 Å². The number of carbonyl (C=O) groups excluding carboxylic acids is 1. The zero-order valence-corrected chi connectivity index (χ0v) is 14.1. The molecule has 5 nitrogen and oxygen atoms in total. The largest absolute Gasteiger partial charge is 0.373 e. The number of hydrogen-bond acceptors (Lipinski definition) is 3. The van der Waals surface area contributed by atoms with Crippen LogP contribution >= 0.6 is 0 Å². The summed E-state index contributed by atoms with van der Waals surface area (Å²) in [7, 11) is 0. The van der Waals surface area contributed by atoms with Crippen LogP contribution in [-0.4, -0.2) is 66.8 Å². The minimum Gasteiger partial charge on any atom is -0.373 e. The van der Waals surface area contributed by atoms with E-state index in [0.29, 0.717) is 18.2 Å². The predicted octanol–water partition coefficient (Wildman–Crippen LogP) is 2.07. The van der Waals surface area contributed by atoms with Crippen LogP contribution in [0.1, 0.15) is 46.0 Å². The molecule has 1 saturated carbocycles. The van der Waals surface area contributed by atoms with Gasteiger partial charge in [0.15, 0.2) is 0 Å². The SMILES string of the molecule is C[C@@H]1CN(C[C@@H]2CCCN2C(=O)NCC2CCC2)C[C@@H](C)O1. The Bertz CT molecular complexity index is 376. The zero-order chi connectivity index (χ0) is 15.5. The number of urea groups is 1. The molecule has 3 atom stereocenters. The molecule has 22 heavy (non-hydrogen) atoms. The minimum atomic E-state index is 0.156. The van der Waals surface area contributed by atoms with E-state index in [2.05, 4.69) is 29.0 Å². The van der Waals surface area contributed by atoms with E-state index in [0.717, 1.165) is 51.5 Å². The monoisotopic (exact) mass is 309 g/mol. The number of nitrogens with one attached hydrogen (secondary N) is 1. The zero-order valence-electron chi connectivity index (χ0n) is 14.1.